The summed E-state index contributed by atoms with van der Waals surface area (Å²) in [5.41, 5.74) is 5.36. The zero-order chi connectivity index (χ0) is 22.0. The van der Waals surface area contributed by atoms with Crippen LogP contribution in [0.15, 0.2) is 9.59 Å². The molecule has 0 aliphatic heterocycles. The number of ketones is 2. The highest BCUT2D eigenvalue weighted by atomic mass is 16.5. The zero-order valence-corrected chi connectivity index (χ0v) is 17.0. The number of carbonyl (C=O) groups excluding carboxylic acids is 3. The number of Topliss-reactive ketones (excluding diaryl/α,β-unsaturated/α-hetero) is 2. The van der Waals surface area contributed by atoms with Crippen molar-refractivity contribution in [2.45, 2.75) is 40.7 Å². The molecule has 3 N–H and O–H groups in total. The highest BCUT2D eigenvalue weighted by Gasteiger charge is 2.25. The number of nitrogen functional groups attached to an aromatic ring is 1. The summed E-state index contributed by atoms with van der Waals surface area (Å²) in [5.74, 6) is -2.13. The molecule has 0 aromatic carbocycles. The van der Waals surface area contributed by atoms with E-state index in [1.165, 1.54) is 14.0 Å². The van der Waals surface area contributed by atoms with Gasteiger partial charge in [-0.15, -0.1) is 0 Å². The number of hydrogen-bond acceptors (Lipinski definition) is 7. The van der Waals surface area contributed by atoms with Gasteiger partial charge in [0.1, 0.15) is 17.1 Å². The van der Waals surface area contributed by atoms with Crippen LogP contribution in [0.4, 0.5) is 5.82 Å². The average Bonchev–Trinajstić information content (AvgIpc) is 2.96. The predicted octanol–water partition coefficient (Wildman–Crippen LogP) is 0.726. The Labute approximate surface area is 166 Å². The number of ether oxygens (including phenoxy) is 1. The van der Waals surface area contributed by atoms with Gasteiger partial charge < -0.3 is 15.5 Å². The van der Waals surface area contributed by atoms with Gasteiger partial charge in [-0.05, 0) is 32.8 Å². The number of carbonyl (C=O) groups is 3. The van der Waals surface area contributed by atoms with Crippen LogP contribution in [0.2, 0.25) is 0 Å². The van der Waals surface area contributed by atoms with Crippen LogP contribution in [0.5, 0.6) is 0 Å². The van der Waals surface area contributed by atoms with E-state index in [9.17, 15) is 24.0 Å². The minimum absolute atomic E-state index is 0.0531. The Morgan fingerprint density at radius 1 is 1.14 bits per heavy atom. The number of aryl methyl sites for hydroxylation is 1. The standard InChI is InChI=1S/C19H24N4O6/c1-6-7-23-16(20)14(17(26)22(5)19(23)28)12(25)8-29-18(27)15-9(2)13(11(4)24)10(3)21-15/h21H,6-8,20H2,1-5H3. The average molecular weight is 404 g/mol. The molecule has 0 saturated carbocycles. The molecule has 2 rings (SSSR count). The fourth-order valence-corrected chi connectivity index (χ4v) is 3.24. The van der Waals surface area contributed by atoms with Gasteiger partial charge in [0, 0.05) is 24.8 Å². The van der Waals surface area contributed by atoms with Crippen molar-refractivity contribution >= 4 is 23.4 Å². The summed E-state index contributed by atoms with van der Waals surface area (Å²) < 4.78 is 6.95. The molecule has 0 radical (unpaired) electrons. The molecule has 0 atom stereocenters. The number of H-pyrrole nitrogens is 1. The molecule has 156 valence electrons. The SMILES string of the molecule is CCCn1c(N)c(C(=O)COC(=O)c2[nH]c(C)c(C(C)=O)c2C)c(=O)n(C)c1=O. The van der Waals surface area contributed by atoms with Gasteiger partial charge in [-0.1, -0.05) is 6.92 Å². The summed E-state index contributed by atoms with van der Waals surface area (Å²) in [6, 6.07) is 0. The summed E-state index contributed by atoms with van der Waals surface area (Å²) in [4.78, 5) is 63.9. The Kier molecular flexibility index (Phi) is 6.25. The van der Waals surface area contributed by atoms with Crippen LogP contribution in [0.25, 0.3) is 0 Å². The maximum Gasteiger partial charge on any atom is 0.355 e. The van der Waals surface area contributed by atoms with Gasteiger partial charge in [-0.2, -0.15) is 0 Å². The fraction of sp³-hybridized carbons (Fsp3) is 0.421. The number of nitrogens with zero attached hydrogens (tertiary/aromatic N) is 2. The van der Waals surface area contributed by atoms with Gasteiger partial charge in [-0.25, -0.2) is 9.59 Å². The molecule has 0 bridgehead atoms. The molecule has 0 saturated heterocycles. The predicted molar refractivity (Wildman–Crippen MR) is 106 cm³/mol. The molecule has 10 heteroatoms. The molecule has 2 aromatic heterocycles. The third-order valence-corrected chi connectivity index (χ3v) is 4.64. The van der Waals surface area contributed by atoms with E-state index in [2.05, 4.69) is 4.98 Å². The number of aromatic amines is 1. The minimum atomic E-state index is -0.855. The van der Waals surface area contributed by atoms with Gasteiger partial charge in [0.05, 0.1) is 0 Å². The van der Waals surface area contributed by atoms with Crippen molar-refractivity contribution in [3.05, 3.63) is 48.9 Å². The topological polar surface area (TPSA) is 146 Å². The van der Waals surface area contributed by atoms with Crippen molar-refractivity contribution in [2.75, 3.05) is 12.3 Å². The first kappa shape index (κ1) is 21.9. The number of rotatable bonds is 7. The lowest BCUT2D eigenvalue weighted by Crippen LogP contribution is -2.43. The fourth-order valence-electron chi connectivity index (χ4n) is 3.24. The molecule has 0 unspecified atom stereocenters. The van der Waals surface area contributed by atoms with Crippen molar-refractivity contribution in [1.29, 1.82) is 0 Å². The van der Waals surface area contributed by atoms with E-state index in [1.54, 1.807) is 13.8 Å². The van der Waals surface area contributed by atoms with Crippen LogP contribution in [0.3, 0.4) is 0 Å². The lowest BCUT2D eigenvalue weighted by atomic mass is 10.1. The quantitative estimate of drug-likeness (QED) is 0.511. The van der Waals surface area contributed by atoms with Crippen molar-refractivity contribution < 1.29 is 19.1 Å². The van der Waals surface area contributed by atoms with Crippen LogP contribution in [-0.4, -0.2) is 38.3 Å². The second-order valence-corrected chi connectivity index (χ2v) is 6.74. The largest absolute Gasteiger partial charge is 0.453 e. The number of nitrogens with two attached hydrogens (primary N) is 1. The third-order valence-electron chi connectivity index (χ3n) is 4.64. The summed E-state index contributed by atoms with van der Waals surface area (Å²) in [7, 11) is 1.24. The van der Waals surface area contributed by atoms with E-state index in [-0.39, 0.29) is 23.8 Å². The molecule has 0 amide bonds. The summed E-state index contributed by atoms with van der Waals surface area (Å²) in [5, 5.41) is 0. The summed E-state index contributed by atoms with van der Waals surface area (Å²) in [6.45, 7) is 5.92. The molecular formula is C19H24N4O6. The lowest BCUT2D eigenvalue weighted by molar-refractivity contribution is 0.0468. The van der Waals surface area contributed by atoms with E-state index in [1.807, 2.05) is 6.92 Å². The summed E-state index contributed by atoms with van der Waals surface area (Å²) >= 11 is 0. The first-order chi connectivity index (χ1) is 13.5. The van der Waals surface area contributed by atoms with Gasteiger partial charge in [0.2, 0.25) is 5.78 Å². The molecule has 0 spiro atoms. The molecular weight excluding hydrogens is 380 g/mol. The second kappa shape index (κ2) is 8.29. The highest BCUT2D eigenvalue weighted by Crippen LogP contribution is 2.19. The van der Waals surface area contributed by atoms with Crippen molar-refractivity contribution in [3.8, 4) is 0 Å². The maximum absolute atomic E-state index is 12.6. The van der Waals surface area contributed by atoms with Crippen LogP contribution in [0, 0.1) is 13.8 Å². The zero-order valence-electron chi connectivity index (χ0n) is 17.0. The number of anilines is 1. The van der Waals surface area contributed by atoms with E-state index in [0.717, 1.165) is 9.13 Å². The van der Waals surface area contributed by atoms with Gasteiger partial charge in [0.25, 0.3) is 5.56 Å². The van der Waals surface area contributed by atoms with E-state index in [4.69, 9.17) is 10.5 Å². The van der Waals surface area contributed by atoms with Crippen molar-refractivity contribution in [2.24, 2.45) is 7.05 Å². The van der Waals surface area contributed by atoms with Crippen molar-refractivity contribution in [3.63, 3.8) is 0 Å². The molecule has 2 heterocycles. The molecule has 0 fully saturated rings. The normalized spacial score (nSPS) is 10.8. The smallest absolute Gasteiger partial charge is 0.355 e. The first-order valence-electron chi connectivity index (χ1n) is 9.02. The Balaban J connectivity index is 2.32. The first-order valence-corrected chi connectivity index (χ1v) is 9.02. The Hall–Kier alpha value is -3.43. The Morgan fingerprint density at radius 3 is 2.28 bits per heavy atom. The molecule has 0 aliphatic rings. The van der Waals surface area contributed by atoms with E-state index < -0.39 is 35.2 Å². The van der Waals surface area contributed by atoms with Crippen LogP contribution in [-0.2, 0) is 18.3 Å². The van der Waals surface area contributed by atoms with Gasteiger partial charge >= 0.3 is 11.7 Å². The van der Waals surface area contributed by atoms with Gasteiger partial charge in [-0.3, -0.25) is 23.5 Å². The third kappa shape index (κ3) is 3.91. The second-order valence-electron chi connectivity index (χ2n) is 6.74. The van der Waals surface area contributed by atoms with E-state index >= 15 is 0 Å². The number of aromatic nitrogens is 3. The van der Waals surface area contributed by atoms with Crippen LogP contribution >= 0.6 is 0 Å². The minimum Gasteiger partial charge on any atom is -0.453 e. The molecule has 10 nitrogen and oxygen atoms in total. The Bertz CT molecular complexity index is 1120. The van der Waals surface area contributed by atoms with Crippen LogP contribution in [0.1, 0.15) is 62.7 Å². The number of hydrogen-bond donors (Lipinski definition) is 2. The van der Waals surface area contributed by atoms with Gasteiger partial charge in [0.15, 0.2) is 12.4 Å². The highest BCUT2D eigenvalue weighted by molar-refractivity contribution is 6.03. The monoisotopic (exact) mass is 404 g/mol. The Morgan fingerprint density at radius 2 is 1.76 bits per heavy atom. The van der Waals surface area contributed by atoms with Crippen molar-refractivity contribution in [1.82, 2.24) is 14.1 Å². The van der Waals surface area contributed by atoms with E-state index in [0.29, 0.717) is 23.2 Å². The summed E-state index contributed by atoms with van der Waals surface area (Å²) in [6.07, 6.45) is 0.564. The molecule has 0 aliphatic carbocycles. The van der Waals surface area contributed by atoms with Crippen LogP contribution < -0.4 is 17.0 Å². The molecule has 2 aromatic rings. The lowest BCUT2D eigenvalue weighted by Gasteiger charge is -2.13. The number of nitrogens with one attached hydrogen (secondary N) is 1. The number of esters is 1. The molecule has 29 heavy (non-hydrogen) atoms. The maximum atomic E-state index is 12.6.